The molecule has 248 valence electrons. The maximum absolute atomic E-state index is 13.4. The molecule has 0 spiro atoms. The highest BCUT2D eigenvalue weighted by atomic mass is 35.5. The van der Waals surface area contributed by atoms with E-state index in [0.29, 0.717) is 29.4 Å². The second-order valence-electron chi connectivity index (χ2n) is 12.8. The van der Waals surface area contributed by atoms with E-state index < -0.39 is 34.7 Å². The first kappa shape index (κ1) is 33.7. The summed E-state index contributed by atoms with van der Waals surface area (Å²) in [5, 5.41) is 0.475. The summed E-state index contributed by atoms with van der Waals surface area (Å²) in [5.41, 5.74) is -0.588. The van der Waals surface area contributed by atoms with Gasteiger partial charge in [0.1, 0.15) is 22.4 Å². The molecular weight excluding hydrogens is 622 g/mol. The summed E-state index contributed by atoms with van der Waals surface area (Å²) in [5.74, 6) is -0.261. The number of H-pyrrole nitrogens is 2. The predicted molar refractivity (Wildman–Crippen MR) is 171 cm³/mol. The first-order valence-electron chi connectivity index (χ1n) is 15.9. The molecule has 2 N–H and O–H groups in total. The van der Waals surface area contributed by atoms with Crippen molar-refractivity contribution in [2.24, 2.45) is 5.41 Å². The van der Waals surface area contributed by atoms with Gasteiger partial charge in [0, 0.05) is 17.0 Å². The third-order valence-electron chi connectivity index (χ3n) is 8.94. The highest BCUT2D eigenvalue weighted by molar-refractivity contribution is 6.25. The van der Waals surface area contributed by atoms with Gasteiger partial charge in [0.2, 0.25) is 11.4 Å². The summed E-state index contributed by atoms with van der Waals surface area (Å²) >= 11 is 6.24. The van der Waals surface area contributed by atoms with Gasteiger partial charge in [-0.05, 0) is 101 Å². The van der Waals surface area contributed by atoms with E-state index >= 15 is 0 Å². The van der Waals surface area contributed by atoms with Gasteiger partial charge in [0.25, 0.3) is 11.1 Å². The Balaban J connectivity index is 0.000000182. The number of fused-ring (bicyclic) bond motifs is 2. The second-order valence-corrected chi connectivity index (χ2v) is 13.6. The van der Waals surface area contributed by atoms with Crippen molar-refractivity contribution in [1.29, 1.82) is 0 Å². The summed E-state index contributed by atoms with van der Waals surface area (Å²) in [6, 6.07) is 2.66. The molecule has 2 atom stereocenters. The molecule has 2 saturated carbocycles. The Bertz CT molecular complexity index is 1960. The van der Waals surface area contributed by atoms with Gasteiger partial charge >= 0.3 is 11.3 Å². The average molecular weight is 661 g/mol. The number of alkyl halides is 3. The number of nitrogens with one attached hydrogen (secondary N) is 2. The minimum absolute atomic E-state index is 0.0737. The maximum atomic E-state index is 13.4. The number of aromatic amines is 2. The van der Waals surface area contributed by atoms with Gasteiger partial charge in [-0.2, -0.15) is 9.97 Å². The van der Waals surface area contributed by atoms with Crippen molar-refractivity contribution in [2.45, 2.75) is 115 Å². The number of rotatable bonds is 12. The fraction of sp³-hybridized carbons (Fsp3) is 0.576. The highest BCUT2D eigenvalue weighted by Crippen LogP contribution is 2.53. The fourth-order valence-corrected chi connectivity index (χ4v) is 6.30. The lowest BCUT2D eigenvalue weighted by Crippen LogP contribution is -2.16. The lowest BCUT2D eigenvalue weighted by atomic mass is 9.92. The average Bonchev–Trinajstić information content (AvgIpc) is 3.91. The standard InChI is InChI=1S/C18H23FN2O3.C15H16ClFN2O3/c1-3-6-18(8-9-18)7-4-5-12-10-13(22)24-17-14(12)16(23)20-15(21-17)11(2)19;1-8(17)12-18-13(21)11-9(3-2-4-15(16)5-6-15)7-10(20)22-14(11)19-12/h10-11H,3-9H2,1-2H3,(H,20,21,23);7-8H,2-6H2,1H3,(H,18,19,21). The van der Waals surface area contributed by atoms with Gasteiger partial charge in [0.15, 0.2) is 12.3 Å². The van der Waals surface area contributed by atoms with Gasteiger partial charge in [-0.1, -0.05) is 13.3 Å². The molecule has 2 aliphatic rings. The first-order chi connectivity index (χ1) is 21.8. The molecule has 2 aliphatic carbocycles. The Hall–Kier alpha value is -3.67. The molecule has 4 aromatic heterocycles. The quantitative estimate of drug-likeness (QED) is 0.157. The number of hydrogen-bond donors (Lipinski definition) is 2. The molecule has 0 saturated heterocycles. The van der Waals surface area contributed by atoms with Crippen molar-refractivity contribution in [3.05, 3.63) is 76.5 Å². The van der Waals surface area contributed by atoms with E-state index in [-0.39, 0.29) is 38.7 Å². The molecule has 4 heterocycles. The molecule has 0 bridgehead atoms. The van der Waals surface area contributed by atoms with Crippen LogP contribution in [0.5, 0.6) is 0 Å². The molecule has 4 aromatic rings. The van der Waals surface area contributed by atoms with Crippen LogP contribution in [0.4, 0.5) is 8.78 Å². The van der Waals surface area contributed by atoms with E-state index in [1.54, 1.807) is 0 Å². The second kappa shape index (κ2) is 13.6. The van der Waals surface area contributed by atoms with Crippen LogP contribution in [0.3, 0.4) is 0 Å². The van der Waals surface area contributed by atoms with Crippen molar-refractivity contribution in [3.8, 4) is 0 Å². The van der Waals surface area contributed by atoms with Crippen LogP contribution < -0.4 is 22.4 Å². The molecule has 10 nitrogen and oxygen atoms in total. The first-order valence-corrected chi connectivity index (χ1v) is 16.3. The number of aryl methyl sites for hydroxylation is 2. The lowest BCUT2D eigenvalue weighted by Gasteiger charge is -2.13. The van der Waals surface area contributed by atoms with Crippen LogP contribution in [0.2, 0.25) is 0 Å². The maximum Gasteiger partial charge on any atom is 0.337 e. The summed E-state index contributed by atoms with van der Waals surface area (Å²) < 4.78 is 36.7. The molecular formula is C33H39ClF2N4O6. The van der Waals surface area contributed by atoms with E-state index in [9.17, 15) is 28.0 Å². The van der Waals surface area contributed by atoms with E-state index in [1.165, 1.54) is 51.7 Å². The van der Waals surface area contributed by atoms with Crippen LogP contribution in [-0.2, 0) is 12.8 Å². The molecule has 0 aromatic carbocycles. The molecule has 46 heavy (non-hydrogen) atoms. The Kier molecular flexibility index (Phi) is 9.95. The monoisotopic (exact) mass is 660 g/mol. The number of aromatic nitrogens is 4. The third-order valence-corrected chi connectivity index (χ3v) is 9.50. The lowest BCUT2D eigenvalue weighted by molar-refractivity contribution is 0.354. The number of halogens is 3. The highest BCUT2D eigenvalue weighted by Gasteiger charge is 2.40. The Morgan fingerprint density at radius 2 is 1.24 bits per heavy atom. The largest absolute Gasteiger partial charge is 0.403 e. The summed E-state index contributed by atoms with van der Waals surface area (Å²) in [7, 11) is 0. The minimum Gasteiger partial charge on any atom is -0.403 e. The molecule has 0 radical (unpaired) electrons. The van der Waals surface area contributed by atoms with Crippen molar-refractivity contribution in [3.63, 3.8) is 0 Å². The van der Waals surface area contributed by atoms with Crippen molar-refractivity contribution < 1.29 is 17.6 Å². The molecule has 2 unspecified atom stereocenters. The molecule has 13 heteroatoms. The van der Waals surface area contributed by atoms with Gasteiger partial charge in [-0.15, -0.1) is 11.6 Å². The fourth-order valence-electron chi connectivity index (χ4n) is 6.07. The summed E-state index contributed by atoms with van der Waals surface area (Å²) in [6.45, 7) is 4.72. The molecule has 6 rings (SSSR count). The van der Waals surface area contributed by atoms with Crippen LogP contribution in [0.1, 0.15) is 120 Å². The zero-order chi connectivity index (χ0) is 33.2. The third kappa shape index (κ3) is 8.00. The Morgan fingerprint density at radius 1 is 0.783 bits per heavy atom. The van der Waals surface area contributed by atoms with Gasteiger partial charge < -0.3 is 18.8 Å². The Labute approximate surface area is 268 Å². The van der Waals surface area contributed by atoms with Gasteiger partial charge in [-0.3, -0.25) is 9.59 Å². The van der Waals surface area contributed by atoms with Crippen molar-refractivity contribution >= 4 is 33.8 Å². The zero-order valence-corrected chi connectivity index (χ0v) is 27.0. The van der Waals surface area contributed by atoms with Crippen LogP contribution >= 0.6 is 11.6 Å². The van der Waals surface area contributed by atoms with Gasteiger partial charge in [-0.25, -0.2) is 18.4 Å². The van der Waals surface area contributed by atoms with Crippen LogP contribution in [0.15, 0.2) is 40.1 Å². The van der Waals surface area contributed by atoms with E-state index in [4.69, 9.17) is 20.4 Å². The van der Waals surface area contributed by atoms with Crippen molar-refractivity contribution in [2.75, 3.05) is 0 Å². The Morgan fingerprint density at radius 3 is 1.63 bits per heavy atom. The van der Waals surface area contributed by atoms with Crippen LogP contribution in [-0.4, -0.2) is 24.8 Å². The molecule has 0 amide bonds. The normalized spacial score (nSPS) is 17.3. The van der Waals surface area contributed by atoms with Crippen LogP contribution in [0.25, 0.3) is 22.2 Å². The van der Waals surface area contributed by atoms with Crippen molar-refractivity contribution in [1.82, 2.24) is 19.9 Å². The smallest absolute Gasteiger partial charge is 0.337 e. The van der Waals surface area contributed by atoms with E-state index in [1.807, 2.05) is 0 Å². The van der Waals surface area contributed by atoms with E-state index in [2.05, 4.69) is 26.9 Å². The number of hydrogen-bond acceptors (Lipinski definition) is 8. The van der Waals surface area contributed by atoms with Crippen LogP contribution in [0, 0.1) is 5.41 Å². The summed E-state index contributed by atoms with van der Waals surface area (Å²) in [4.78, 5) is 60.4. The zero-order valence-electron chi connectivity index (χ0n) is 26.3. The topological polar surface area (TPSA) is 152 Å². The summed E-state index contributed by atoms with van der Waals surface area (Å²) in [6.07, 6.45) is 8.90. The molecule has 2 fully saturated rings. The predicted octanol–water partition coefficient (Wildman–Crippen LogP) is 6.81. The van der Waals surface area contributed by atoms with E-state index in [0.717, 1.165) is 38.5 Å². The van der Waals surface area contributed by atoms with Gasteiger partial charge in [0.05, 0.1) is 0 Å². The molecule has 0 aliphatic heterocycles. The SMILES string of the molecule is CC(F)c1nc2oc(=O)cc(CCCC3(Cl)CC3)c2c(=O)[nH]1.CCCC1(CCCc2cc(=O)oc3nc(C(C)F)[nH]c(=O)c23)CC1. The number of nitrogens with zero attached hydrogens (tertiary/aromatic N) is 2. The minimum atomic E-state index is -1.45.